The first-order valence-electron chi connectivity index (χ1n) is 5.20. The van der Waals surface area contributed by atoms with E-state index in [1.54, 1.807) is 0 Å². The lowest BCUT2D eigenvalue weighted by Crippen LogP contribution is -2.10. The highest BCUT2D eigenvalue weighted by molar-refractivity contribution is 5.44. The highest BCUT2D eigenvalue weighted by atomic mass is 15.0. The number of hydrogen-bond donors (Lipinski definition) is 1. The standard InChI is InChI=1S/C12H20N2/c1-4-9-13-12-7-5-11(6-8-12)10-14(2)3/h5-8,13H,4,9-10H2,1-3H3. The molecule has 0 spiro atoms. The van der Waals surface area contributed by atoms with Crippen molar-refractivity contribution in [3.63, 3.8) is 0 Å². The Morgan fingerprint density at radius 2 is 1.79 bits per heavy atom. The molecule has 0 heterocycles. The molecule has 1 N–H and O–H groups in total. The van der Waals surface area contributed by atoms with Crippen LogP contribution in [0.2, 0.25) is 0 Å². The quantitative estimate of drug-likeness (QED) is 0.771. The summed E-state index contributed by atoms with van der Waals surface area (Å²) in [4.78, 5) is 2.18. The lowest BCUT2D eigenvalue weighted by molar-refractivity contribution is 0.402. The van der Waals surface area contributed by atoms with E-state index in [4.69, 9.17) is 0 Å². The molecule has 0 amide bonds. The van der Waals surface area contributed by atoms with Crippen LogP contribution in [0.4, 0.5) is 5.69 Å². The number of anilines is 1. The molecular formula is C12H20N2. The molecule has 0 aliphatic carbocycles. The topological polar surface area (TPSA) is 15.3 Å². The summed E-state index contributed by atoms with van der Waals surface area (Å²) in [7, 11) is 4.17. The van der Waals surface area contributed by atoms with Crippen molar-refractivity contribution in [2.45, 2.75) is 19.9 Å². The van der Waals surface area contributed by atoms with Crippen molar-refractivity contribution in [2.75, 3.05) is 26.0 Å². The second kappa shape index (κ2) is 5.66. The normalized spacial score (nSPS) is 10.6. The monoisotopic (exact) mass is 192 g/mol. The molecule has 0 fully saturated rings. The minimum Gasteiger partial charge on any atom is -0.385 e. The molecule has 1 rings (SSSR count). The smallest absolute Gasteiger partial charge is 0.0340 e. The third-order valence-corrected chi connectivity index (χ3v) is 2.03. The average Bonchev–Trinajstić information content (AvgIpc) is 2.16. The number of hydrogen-bond acceptors (Lipinski definition) is 2. The molecule has 0 unspecified atom stereocenters. The van der Waals surface area contributed by atoms with Gasteiger partial charge >= 0.3 is 0 Å². The molecule has 14 heavy (non-hydrogen) atoms. The van der Waals surface area contributed by atoms with E-state index in [-0.39, 0.29) is 0 Å². The van der Waals surface area contributed by atoms with Crippen molar-refractivity contribution in [3.8, 4) is 0 Å². The zero-order valence-corrected chi connectivity index (χ0v) is 9.38. The van der Waals surface area contributed by atoms with E-state index in [1.807, 2.05) is 0 Å². The molecule has 0 radical (unpaired) electrons. The van der Waals surface area contributed by atoms with Crippen molar-refractivity contribution in [3.05, 3.63) is 29.8 Å². The van der Waals surface area contributed by atoms with E-state index in [0.717, 1.165) is 13.1 Å². The molecule has 1 aromatic carbocycles. The molecule has 0 atom stereocenters. The summed E-state index contributed by atoms with van der Waals surface area (Å²) in [5.74, 6) is 0. The van der Waals surface area contributed by atoms with Gasteiger partial charge in [0, 0.05) is 18.8 Å². The Morgan fingerprint density at radius 3 is 2.29 bits per heavy atom. The predicted octanol–water partition coefficient (Wildman–Crippen LogP) is 2.57. The van der Waals surface area contributed by atoms with Gasteiger partial charge in [-0.1, -0.05) is 19.1 Å². The fourth-order valence-corrected chi connectivity index (χ4v) is 1.36. The molecule has 0 aliphatic rings. The van der Waals surface area contributed by atoms with Gasteiger partial charge in [0.1, 0.15) is 0 Å². The molecule has 0 saturated carbocycles. The SMILES string of the molecule is CCCNc1ccc(CN(C)C)cc1. The van der Waals surface area contributed by atoms with Crippen LogP contribution in [0.5, 0.6) is 0 Å². The first-order valence-corrected chi connectivity index (χ1v) is 5.20. The summed E-state index contributed by atoms with van der Waals surface area (Å²) in [6.45, 7) is 4.23. The number of rotatable bonds is 5. The van der Waals surface area contributed by atoms with E-state index >= 15 is 0 Å². The molecular weight excluding hydrogens is 172 g/mol. The van der Waals surface area contributed by atoms with Gasteiger partial charge in [0.2, 0.25) is 0 Å². The van der Waals surface area contributed by atoms with Gasteiger partial charge in [-0.25, -0.2) is 0 Å². The Balaban J connectivity index is 2.50. The Bertz CT molecular complexity index is 252. The van der Waals surface area contributed by atoms with E-state index in [1.165, 1.54) is 17.7 Å². The largest absolute Gasteiger partial charge is 0.385 e. The fraction of sp³-hybridized carbons (Fsp3) is 0.500. The first-order chi connectivity index (χ1) is 6.72. The third kappa shape index (κ3) is 3.79. The summed E-state index contributed by atoms with van der Waals surface area (Å²) in [5, 5.41) is 3.36. The van der Waals surface area contributed by atoms with Gasteiger partial charge in [0.25, 0.3) is 0 Å². The molecule has 2 nitrogen and oxygen atoms in total. The predicted molar refractivity (Wildman–Crippen MR) is 62.6 cm³/mol. The lowest BCUT2D eigenvalue weighted by atomic mass is 10.2. The minimum atomic E-state index is 1.01. The minimum absolute atomic E-state index is 1.01. The van der Waals surface area contributed by atoms with Gasteiger partial charge in [-0.3, -0.25) is 0 Å². The van der Waals surface area contributed by atoms with E-state index in [0.29, 0.717) is 0 Å². The summed E-state index contributed by atoms with van der Waals surface area (Å²) >= 11 is 0. The van der Waals surface area contributed by atoms with Crippen LogP contribution in [0.1, 0.15) is 18.9 Å². The van der Waals surface area contributed by atoms with Crippen molar-refractivity contribution in [1.82, 2.24) is 4.90 Å². The second-order valence-corrected chi connectivity index (χ2v) is 3.86. The summed E-state index contributed by atoms with van der Waals surface area (Å²) in [6.07, 6.45) is 1.17. The highest BCUT2D eigenvalue weighted by Gasteiger charge is 1.95. The number of nitrogens with one attached hydrogen (secondary N) is 1. The van der Waals surface area contributed by atoms with Crippen LogP contribution in [-0.4, -0.2) is 25.5 Å². The van der Waals surface area contributed by atoms with Gasteiger partial charge in [0.05, 0.1) is 0 Å². The van der Waals surface area contributed by atoms with Crippen LogP contribution in [0, 0.1) is 0 Å². The van der Waals surface area contributed by atoms with Gasteiger partial charge in [0.15, 0.2) is 0 Å². The molecule has 0 aromatic heterocycles. The Hall–Kier alpha value is -1.02. The number of nitrogens with zero attached hydrogens (tertiary/aromatic N) is 1. The van der Waals surface area contributed by atoms with E-state index in [2.05, 4.69) is 55.5 Å². The molecule has 1 aromatic rings. The Morgan fingerprint density at radius 1 is 1.14 bits per heavy atom. The van der Waals surface area contributed by atoms with Crippen molar-refractivity contribution >= 4 is 5.69 Å². The maximum atomic E-state index is 3.36. The maximum absolute atomic E-state index is 3.36. The van der Waals surface area contributed by atoms with E-state index < -0.39 is 0 Å². The van der Waals surface area contributed by atoms with Crippen molar-refractivity contribution < 1.29 is 0 Å². The van der Waals surface area contributed by atoms with Crippen LogP contribution < -0.4 is 5.32 Å². The molecule has 2 heteroatoms. The highest BCUT2D eigenvalue weighted by Crippen LogP contribution is 2.10. The van der Waals surface area contributed by atoms with Crippen LogP contribution in [0.3, 0.4) is 0 Å². The van der Waals surface area contributed by atoms with Gasteiger partial charge in [-0.05, 0) is 38.2 Å². The number of benzene rings is 1. The first kappa shape index (κ1) is 11.1. The van der Waals surface area contributed by atoms with Crippen LogP contribution in [0.25, 0.3) is 0 Å². The van der Waals surface area contributed by atoms with Gasteiger partial charge in [-0.2, -0.15) is 0 Å². The average molecular weight is 192 g/mol. The zero-order valence-electron chi connectivity index (χ0n) is 9.38. The molecule has 0 bridgehead atoms. The van der Waals surface area contributed by atoms with Crippen molar-refractivity contribution in [1.29, 1.82) is 0 Å². The lowest BCUT2D eigenvalue weighted by Gasteiger charge is -2.10. The van der Waals surface area contributed by atoms with Gasteiger partial charge in [-0.15, -0.1) is 0 Å². The summed E-state index contributed by atoms with van der Waals surface area (Å²) in [6, 6.07) is 8.65. The zero-order chi connectivity index (χ0) is 10.4. The Labute approximate surface area is 86.9 Å². The molecule has 0 aliphatic heterocycles. The molecule has 78 valence electrons. The van der Waals surface area contributed by atoms with Crippen LogP contribution >= 0.6 is 0 Å². The fourth-order valence-electron chi connectivity index (χ4n) is 1.36. The third-order valence-electron chi connectivity index (χ3n) is 2.03. The van der Waals surface area contributed by atoms with Crippen molar-refractivity contribution in [2.24, 2.45) is 0 Å². The Kier molecular flexibility index (Phi) is 4.47. The summed E-state index contributed by atoms with van der Waals surface area (Å²) in [5.41, 5.74) is 2.58. The van der Waals surface area contributed by atoms with Gasteiger partial charge < -0.3 is 10.2 Å². The van der Waals surface area contributed by atoms with Crippen LogP contribution in [0.15, 0.2) is 24.3 Å². The van der Waals surface area contributed by atoms with Crippen LogP contribution in [-0.2, 0) is 6.54 Å². The second-order valence-electron chi connectivity index (χ2n) is 3.86. The molecule has 0 saturated heterocycles. The maximum Gasteiger partial charge on any atom is 0.0340 e. The van der Waals surface area contributed by atoms with E-state index in [9.17, 15) is 0 Å². The summed E-state index contributed by atoms with van der Waals surface area (Å²) < 4.78 is 0.